The van der Waals surface area contributed by atoms with Crippen LogP contribution in [-0.2, 0) is 24.5 Å². The predicted molar refractivity (Wildman–Crippen MR) is 89.3 cm³/mol. The van der Waals surface area contributed by atoms with Gasteiger partial charge in [0.2, 0.25) is 5.91 Å². The molecule has 0 aromatic heterocycles. The number of benzene rings is 1. The summed E-state index contributed by atoms with van der Waals surface area (Å²) in [5.41, 5.74) is 0.289. The van der Waals surface area contributed by atoms with Crippen LogP contribution >= 0.6 is 0 Å². The fraction of sp³-hybridized carbons (Fsp3) is 0.500. The third-order valence-electron chi connectivity index (χ3n) is 4.44. The molecule has 1 fully saturated rings. The lowest BCUT2D eigenvalue weighted by atomic mass is 9.79. The second kappa shape index (κ2) is 7.95. The molecular weight excluding hydrogens is 308 g/mol. The van der Waals surface area contributed by atoms with Gasteiger partial charge in [0.15, 0.2) is 6.61 Å². The van der Waals surface area contributed by atoms with Gasteiger partial charge in [-0.05, 0) is 18.4 Å². The highest BCUT2D eigenvalue weighted by Crippen LogP contribution is 2.42. The molecule has 1 saturated carbocycles. The average molecular weight is 332 g/mol. The van der Waals surface area contributed by atoms with Gasteiger partial charge in [-0.2, -0.15) is 0 Å². The van der Waals surface area contributed by atoms with Crippen LogP contribution in [-0.4, -0.2) is 49.9 Å². The van der Waals surface area contributed by atoms with E-state index in [1.54, 1.807) is 14.1 Å². The third kappa shape index (κ3) is 4.13. The first kappa shape index (κ1) is 18.0. The Morgan fingerprint density at radius 1 is 1.12 bits per heavy atom. The van der Waals surface area contributed by atoms with E-state index in [9.17, 15) is 14.4 Å². The quantitative estimate of drug-likeness (QED) is 0.796. The molecule has 6 heteroatoms. The summed E-state index contributed by atoms with van der Waals surface area (Å²) in [6.07, 6.45) is 3.40. The standard InChI is InChI=1S/C18H24N2O4/c1-20(2)16(22)12-19-15(21)13-24-17(23)18(10-6-7-11-18)14-8-4-3-5-9-14/h3-5,8-9H,6-7,10-13H2,1-2H3,(H,19,21). The van der Waals surface area contributed by atoms with Crippen molar-refractivity contribution in [2.45, 2.75) is 31.1 Å². The molecule has 0 aliphatic heterocycles. The van der Waals surface area contributed by atoms with Crippen LogP contribution in [0.25, 0.3) is 0 Å². The molecular formula is C18H24N2O4. The highest BCUT2D eigenvalue weighted by Gasteiger charge is 2.44. The van der Waals surface area contributed by atoms with E-state index < -0.39 is 11.3 Å². The van der Waals surface area contributed by atoms with Gasteiger partial charge in [0, 0.05) is 14.1 Å². The Labute approximate surface area is 142 Å². The Morgan fingerprint density at radius 3 is 2.33 bits per heavy atom. The van der Waals surface area contributed by atoms with E-state index in [2.05, 4.69) is 5.32 Å². The maximum atomic E-state index is 12.6. The summed E-state index contributed by atoms with van der Waals surface area (Å²) in [7, 11) is 3.22. The molecule has 2 amide bonds. The van der Waals surface area contributed by atoms with E-state index in [0.717, 1.165) is 31.2 Å². The Kier molecular flexibility index (Phi) is 5.95. The second-order valence-electron chi connectivity index (χ2n) is 6.30. The number of esters is 1. The van der Waals surface area contributed by atoms with Crippen molar-refractivity contribution in [1.82, 2.24) is 10.2 Å². The highest BCUT2D eigenvalue weighted by atomic mass is 16.5. The smallest absolute Gasteiger partial charge is 0.317 e. The molecule has 0 heterocycles. The summed E-state index contributed by atoms with van der Waals surface area (Å²) in [5, 5.41) is 2.45. The van der Waals surface area contributed by atoms with Crippen LogP contribution in [0.15, 0.2) is 30.3 Å². The van der Waals surface area contributed by atoms with Crippen LogP contribution in [0.1, 0.15) is 31.2 Å². The average Bonchev–Trinajstić information content (AvgIpc) is 3.09. The molecule has 1 aliphatic rings. The molecule has 1 N–H and O–H groups in total. The minimum Gasteiger partial charge on any atom is -0.455 e. The number of hydrogen-bond acceptors (Lipinski definition) is 4. The van der Waals surface area contributed by atoms with Gasteiger partial charge in [-0.1, -0.05) is 43.2 Å². The molecule has 6 nitrogen and oxygen atoms in total. The summed E-state index contributed by atoms with van der Waals surface area (Å²) in [5.74, 6) is -1.05. The van der Waals surface area contributed by atoms with E-state index in [1.165, 1.54) is 4.90 Å². The summed E-state index contributed by atoms with van der Waals surface area (Å²) in [6, 6.07) is 9.59. The molecule has 24 heavy (non-hydrogen) atoms. The molecule has 2 rings (SSSR count). The van der Waals surface area contributed by atoms with Gasteiger partial charge in [-0.15, -0.1) is 0 Å². The fourth-order valence-corrected chi connectivity index (χ4v) is 3.00. The molecule has 0 bridgehead atoms. The van der Waals surface area contributed by atoms with Crippen LogP contribution < -0.4 is 5.32 Å². The monoisotopic (exact) mass is 332 g/mol. The van der Waals surface area contributed by atoms with E-state index >= 15 is 0 Å². The zero-order chi connectivity index (χ0) is 17.6. The zero-order valence-corrected chi connectivity index (χ0v) is 14.2. The Balaban J connectivity index is 1.93. The van der Waals surface area contributed by atoms with Gasteiger partial charge in [0.05, 0.1) is 12.0 Å². The van der Waals surface area contributed by atoms with Gasteiger partial charge in [-0.3, -0.25) is 14.4 Å². The number of carbonyl (C=O) groups excluding carboxylic acids is 3. The van der Waals surface area contributed by atoms with E-state index in [-0.39, 0.29) is 25.0 Å². The van der Waals surface area contributed by atoms with Crippen molar-refractivity contribution in [2.75, 3.05) is 27.2 Å². The molecule has 0 saturated heterocycles. The maximum Gasteiger partial charge on any atom is 0.317 e. The molecule has 130 valence electrons. The number of ether oxygens (including phenoxy) is 1. The lowest BCUT2D eigenvalue weighted by Crippen LogP contribution is -2.40. The Morgan fingerprint density at radius 2 is 1.75 bits per heavy atom. The van der Waals surface area contributed by atoms with Crippen molar-refractivity contribution in [3.8, 4) is 0 Å². The van der Waals surface area contributed by atoms with Crippen LogP contribution in [0.5, 0.6) is 0 Å². The van der Waals surface area contributed by atoms with Crippen LogP contribution in [0.2, 0.25) is 0 Å². The van der Waals surface area contributed by atoms with E-state index in [0.29, 0.717) is 0 Å². The SMILES string of the molecule is CN(C)C(=O)CNC(=O)COC(=O)C1(c2ccccc2)CCCC1. The molecule has 1 aliphatic carbocycles. The van der Waals surface area contributed by atoms with Crippen molar-refractivity contribution in [3.63, 3.8) is 0 Å². The molecule has 1 aromatic rings. The first-order valence-corrected chi connectivity index (χ1v) is 8.15. The Bertz CT molecular complexity index is 592. The van der Waals surface area contributed by atoms with Gasteiger partial charge in [0.25, 0.3) is 5.91 Å². The van der Waals surface area contributed by atoms with Crippen molar-refractivity contribution < 1.29 is 19.1 Å². The minimum absolute atomic E-state index is 0.104. The maximum absolute atomic E-state index is 12.6. The van der Waals surface area contributed by atoms with Crippen LogP contribution in [0.3, 0.4) is 0 Å². The summed E-state index contributed by atoms with van der Waals surface area (Å²) in [6.45, 7) is -0.471. The fourth-order valence-electron chi connectivity index (χ4n) is 3.00. The minimum atomic E-state index is -0.652. The molecule has 0 unspecified atom stereocenters. The van der Waals surface area contributed by atoms with Crippen molar-refractivity contribution >= 4 is 17.8 Å². The number of rotatable bonds is 6. The van der Waals surface area contributed by atoms with Gasteiger partial charge in [-0.25, -0.2) is 0 Å². The largest absolute Gasteiger partial charge is 0.455 e. The van der Waals surface area contributed by atoms with E-state index in [1.807, 2.05) is 30.3 Å². The summed E-state index contributed by atoms with van der Waals surface area (Å²) < 4.78 is 5.26. The third-order valence-corrected chi connectivity index (χ3v) is 4.44. The molecule has 0 atom stereocenters. The van der Waals surface area contributed by atoms with E-state index in [4.69, 9.17) is 4.74 Å². The Hall–Kier alpha value is -2.37. The number of nitrogens with one attached hydrogen (secondary N) is 1. The first-order valence-electron chi connectivity index (χ1n) is 8.15. The predicted octanol–water partition coefficient (Wildman–Crippen LogP) is 1.25. The normalized spacial score (nSPS) is 15.6. The van der Waals surface area contributed by atoms with Crippen molar-refractivity contribution in [2.24, 2.45) is 0 Å². The van der Waals surface area contributed by atoms with Gasteiger partial charge in [0.1, 0.15) is 0 Å². The topological polar surface area (TPSA) is 75.7 Å². The number of likely N-dealkylation sites (N-methyl/N-ethyl adjacent to an activating group) is 1. The summed E-state index contributed by atoms with van der Waals surface area (Å²) >= 11 is 0. The van der Waals surface area contributed by atoms with Crippen molar-refractivity contribution in [3.05, 3.63) is 35.9 Å². The second-order valence-corrected chi connectivity index (χ2v) is 6.30. The number of amides is 2. The zero-order valence-electron chi connectivity index (χ0n) is 14.2. The summed E-state index contributed by atoms with van der Waals surface area (Å²) in [4.78, 5) is 37.2. The van der Waals surface area contributed by atoms with Gasteiger partial charge < -0.3 is 15.0 Å². The van der Waals surface area contributed by atoms with Crippen LogP contribution in [0, 0.1) is 0 Å². The number of nitrogens with zero attached hydrogens (tertiary/aromatic N) is 1. The van der Waals surface area contributed by atoms with Crippen LogP contribution in [0.4, 0.5) is 0 Å². The molecule has 1 aromatic carbocycles. The lowest BCUT2D eigenvalue weighted by molar-refractivity contribution is -0.154. The molecule has 0 radical (unpaired) electrons. The van der Waals surface area contributed by atoms with Gasteiger partial charge >= 0.3 is 5.97 Å². The lowest BCUT2D eigenvalue weighted by Gasteiger charge is -2.27. The molecule has 0 spiro atoms. The number of carbonyl (C=O) groups is 3. The number of hydrogen-bond donors (Lipinski definition) is 1. The highest BCUT2D eigenvalue weighted by molar-refractivity contribution is 5.88. The van der Waals surface area contributed by atoms with Crippen molar-refractivity contribution in [1.29, 1.82) is 0 Å². The first-order chi connectivity index (χ1) is 11.5.